The minimum Gasteiger partial charge on any atom is -0.488 e. The van der Waals surface area contributed by atoms with E-state index in [2.05, 4.69) is 48.3 Å². The number of benzene rings is 1. The number of fused-ring (bicyclic) bond motifs is 1. The first-order chi connectivity index (χ1) is 8.72. The van der Waals surface area contributed by atoms with E-state index in [-0.39, 0.29) is 0 Å². The average Bonchev–Trinajstić information content (AvgIpc) is 2.76. The van der Waals surface area contributed by atoms with Crippen LogP contribution in [0, 0.1) is 0 Å². The number of nitrogens with zero attached hydrogens (tertiary/aromatic N) is 1. The van der Waals surface area contributed by atoms with E-state index < -0.39 is 0 Å². The fraction of sp³-hybridized carbons (Fsp3) is 0.600. The molecule has 1 aromatic rings. The smallest absolute Gasteiger partial charge is 0.123 e. The van der Waals surface area contributed by atoms with Crippen molar-refractivity contribution in [2.24, 2.45) is 0 Å². The number of ether oxygens (including phenoxy) is 1. The fourth-order valence-corrected chi connectivity index (χ4v) is 2.97. The highest BCUT2D eigenvalue weighted by Gasteiger charge is 2.29. The van der Waals surface area contributed by atoms with Crippen molar-refractivity contribution in [1.82, 2.24) is 10.2 Å². The van der Waals surface area contributed by atoms with E-state index in [9.17, 15) is 0 Å². The summed E-state index contributed by atoms with van der Waals surface area (Å²) in [5.41, 5.74) is 1.36. The van der Waals surface area contributed by atoms with Gasteiger partial charge in [-0.3, -0.25) is 4.90 Å². The molecule has 98 valence electrons. The summed E-state index contributed by atoms with van der Waals surface area (Å²) < 4.78 is 6.03. The van der Waals surface area contributed by atoms with Gasteiger partial charge in [0.25, 0.3) is 0 Å². The SMILES string of the molecule is CC1CN(CC2Cc3ccccc3O2)C(C)CN1. The molecule has 0 bridgehead atoms. The lowest BCUT2D eigenvalue weighted by Crippen LogP contribution is -2.56. The number of piperazine rings is 1. The molecule has 0 radical (unpaired) electrons. The second-order valence-corrected chi connectivity index (χ2v) is 5.66. The molecule has 0 aliphatic carbocycles. The third-order valence-corrected chi connectivity index (χ3v) is 4.05. The van der Waals surface area contributed by atoms with E-state index in [1.54, 1.807) is 0 Å². The third-order valence-electron chi connectivity index (χ3n) is 4.05. The van der Waals surface area contributed by atoms with E-state index in [1.807, 2.05) is 0 Å². The molecule has 3 atom stereocenters. The van der Waals surface area contributed by atoms with Crippen LogP contribution in [0.15, 0.2) is 24.3 Å². The average molecular weight is 246 g/mol. The van der Waals surface area contributed by atoms with Gasteiger partial charge in [-0.15, -0.1) is 0 Å². The van der Waals surface area contributed by atoms with Crippen LogP contribution in [0.4, 0.5) is 0 Å². The van der Waals surface area contributed by atoms with Crippen LogP contribution in [0.5, 0.6) is 5.75 Å². The van der Waals surface area contributed by atoms with E-state index in [4.69, 9.17) is 4.74 Å². The Morgan fingerprint density at radius 2 is 2.17 bits per heavy atom. The predicted octanol–water partition coefficient (Wildman–Crippen LogP) is 1.67. The first kappa shape index (κ1) is 12.0. The predicted molar refractivity (Wildman–Crippen MR) is 73.1 cm³/mol. The molecule has 1 fully saturated rings. The summed E-state index contributed by atoms with van der Waals surface area (Å²) >= 11 is 0. The molecular weight excluding hydrogens is 224 g/mol. The fourth-order valence-electron chi connectivity index (χ4n) is 2.97. The Labute approximate surface area is 109 Å². The molecule has 1 aromatic carbocycles. The maximum Gasteiger partial charge on any atom is 0.123 e. The highest BCUT2D eigenvalue weighted by Crippen LogP contribution is 2.28. The van der Waals surface area contributed by atoms with Gasteiger partial charge in [0.2, 0.25) is 0 Å². The topological polar surface area (TPSA) is 24.5 Å². The van der Waals surface area contributed by atoms with Gasteiger partial charge in [0.15, 0.2) is 0 Å². The Morgan fingerprint density at radius 3 is 3.00 bits per heavy atom. The van der Waals surface area contributed by atoms with Crippen molar-refractivity contribution >= 4 is 0 Å². The minimum absolute atomic E-state index is 0.329. The molecule has 2 aliphatic heterocycles. The molecule has 0 aromatic heterocycles. The Bertz CT molecular complexity index is 396. The summed E-state index contributed by atoms with van der Waals surface area (Å²) in [5, 5.41) is 3.52. The quantitative estimate of drug-likeness (QED) is 0.859. The lowest BCUT2D eigenvalue weighted by Gasteiger charge is -2.38. The number of hydrogen-bond acceptors (Lipinski definition) is 3. The summed E-state index contributed by atoms with van der Waals surface area (Å²) in [7, 11) is 0. The number of hydrogen-bond donors (Lipinski definition) is 1. The van der Waals surface area contributed by atoms with Crippen molar-refractivity contribution in [2.45, 2.75) is 38.5 Å². The molecule has 3 nitrogen and oxygen atoms in total. The van der Waals surface area contributed by atoms with Crippen LogP contribution >= 0.6 is 0 Å². The lowest BCUT2D eigenvalue weighted by molar-refractivity contribution is 0.0907. The van der Waals surface area contributed by atoms with Crippen LogP contribution < -0.4 is 10.1 Å². The van der Waals surface area contributed by atoms with Crippen LogP contribution in [0.1, 0.15) is 19.4 Å². The molecule has 2 heterocycles. The van der Waals surface area contributed by atoms with Gasteiger partial charge >= 0.3 is 0 Å². The highest BCUT2D eigenvalue weighted by molar-refractivity contribution is 5.37. The number of rotatable bonds is 2. The summed E-state index contributed by atoms with van der Waals surface area (Å²) in [4.78, 5) is 2.55. The van der Waals surface area contributed by atoms with Crippen molar-refractivity contribution < 1.29 is 4.74 Å². The first-order valence-corrected chi connectivity index (χ1v) is 6.94. The van der Waals surface area contributed by atoms with E-state index >= 15 is 0 Å². The molecule has 1 saturated heterocycles. The van der Waals surface area contributed by atoms with E-state index in [1.165, 1.54) is 5.56 Å². The standard InChI is InChI=1S/C15H22N2O/c1-11-9-17(12(2)8-16-11)10-14-7-13-5-3-4-6-15(13)18-14/h3-6,11-12,14,16H,7-10H2,1-2H3. The van der Waals surface area contributed by atoms with Gasteiger partial charge < -0.3 is 10.1 Å². The maximum atomic E-state index is 6.03. The molecule has 3 unspecified atom stereocenters. The number of para-hydroxylation sites is 1. The molecule has 18 heavy (non-hydrogen) atoms. The normalized spacial score (nSPS) is 32.0. The van der Waals surface area contributed by atoms with Crippen molar-refractivity contribution in [1.29, 1.82) is 0 Å². The summed E-state index contributed by atoms with van der Waals surface area (Å²) in [6.07, 6.45) is 1.39. The van der Waals surface area contributed by atoms with Gasteiger partial charge in [-0.05, 0) is 25.5 Å². The highest BCUT2D eigenvalue weighted by atomic mass is 16.5. The van der Waals surface area contributed by atoms with Gasteiger partial charge in [0.05, 0.1) is 0 Å². The molecule has 3 heteroatoms. The monoisotopic (exact) mass is 246 g/mol. The molecule has 0 amide bonds. The first-order valence-electron chi connectivity index (χ1n) is 6.94. The summed E-state index contributed by atoms with van der Waals surface area (Å²) in [6, 6.07) is 9.60. The Hall–Kier alpha value is -1.06. The van der Waals surface area contributed by atoms with Crippen LogP contribution in [0.25, 0.3) is 0 Å². The largest absolute Gasteiger partial charge is 0.488 e. The summed E-state index contributed by atoms with van der Waals surface area (Å²) in [6.45, 7) is 7.80. The lowest BCUT2D eigenvalue weighted by atomic mass is 10.1. The zero-order valence-electron chi connectivity index (χ0n) is 11.2. The van der Waals surface area contributed by atoms with Gasteiger partial charge in [-0.1, -0.05) is 18.2 Å². The Kier molecular flexibility index (Phi) is 3.27. The van der Waals surface area contributed by atoms with E-state index in [0.717, 1.165) is 31.8 Å². The van der Waals surface area contributed by atoms with Crippen LogP contribution in [0.2, 0.25) is 0 Å². The molecule has 2 aliphatic rings. The second-order valence-electron chi connectivity index (χ2n) is 5.66. The zero-order valence-corrected chi connectivity index (χ0v) is 11.2. The Morgan fingerprint density at radius 1 is 1.33 bits per heavy atom. The van der Waals surface area contributed by atoms with Crippen molar-refractivity contribution in [3.05, 3.63) is 29.8 Å². The third kappa shape index (κ3) is 2.38. The van der Waals surface area contributed by atoms with Crippen LogP contribution in [0.3, 0.4) is 0 Å². The van der Waals surface area contributed by atoms with Crippen molar-refractivity contribution in [3.63, 3.8) is 0 Å². The Balaban J connectivity index is 1.62. The zero-order chi connectivity index (χ0) is 12.5. The molecule has 1 N–H and O–H groups in total. The molecule has 0 saturated carbocycles. The van der Waals surface area contributed by atoms with Gasteiger partial charge in [0.1, 0.15) is 11.9 Å². The summed E-state index contributed by atoms with van der Waals surface area (Å²) in [5.74, 6) is 1.08. The maximum absolute atomic E-state index is 6.03. The molecular formula is C15H22N2O. The molecule has 3 rings (SSSR count). The number of nitrogens with one attached hydrogen (secondary N) is 1. The van der Waals surface area contributed by atoms with Gasteiger partial charge in [-0.2, -0.15) is 0 Å². The van der Waals surface area contributed by atoms with E-state index in [0.29, 0.717) is 18.2 Å². The van der Waals surface area contributed by atoms with Crippen molar-refractivity contribution in [2.75, 3.05) is 19.6 Å². The van der Waals surface area contributed by atoms with Crippen molar-refractivity contribution in [3.8, 4) is 5.75 Å². The second kappa shape index (κ2) is 4.90. The van der Waals surface area contributed by atoms with Crippen LogP contribution in [-0.2, 0) is 6.42 Å². The minimum atomic E-state index is 0.329. The van der Waals surface area contributed by atoms with Crippen LogP contribution in [-0.4, -0.2) is 42.7 Å². The molecule has 0 spiro atoms. The van der Waals surface area contributed by atoms with Gasteiger partial charge in [0, 0.05) is 38.1 Å². The van der Waals surface area contributed by atoms with Gasteiger partial charge in [-0.25, -0.2) is 0 Å².